The molecule has 0 amide bonds. The second-order valence-corrected chi connectivity index (χ2v) is 8.69. The van der Waals surface area contributed by atoms with Gasteiger partial charge in [-0.3, -0.25) is 0 Å². The lowest BCUT2D eigenvalue weighted by Gasteiger charge is -2.07. The Balaban J connectivity index is 1.86. The van der Waals surface area contributed by atoms with E-state index in [2.05, 4.69) is 68.7 Å². The van der Waals surface area contributed by atoms with Crippen LogP contribution in [0.5, 0.6) is 0 Å². The Bertz CT molecular complexity index is 1420. The molecule has 29 heavy (non-hydrogen) atoms. The van der Waals surface area contributed by atoms with Crippen molar-refractivity contribution in [3.63, 3.8) is 0 Å². The highest BCUT2D eigenvalue weighted by Crippen LogP contribution is 2.38. The largest absolute Gasteiger partial charge is 0.366 e. The van der Waals surface area contributed by atoms with Gasteiger partial charge in [0, 0.05) is 69.0 Å². The van der Waals surface area contributed by atoms with Gasteiger partial charge in [0.05, 0.1) is 0 Å². The summed E-state index contributed by atoms with van der Waals surface area (Å²) in [5, 5.41) is 10.5. The maximum atomic E-state index is 5.94. The maximum Gasteiger partial charge on any atom is 0.240 e. The third-order valence-corrected chi connectivity index (χ3v) is 5.87. The SMILES string of the molecule is Cn1cc(-c2nnc(N)nc2-c2cn(C)c3ncc(Br)cc23)c2cc(Br)ccc21. The first-order chi connectivity index (χ1) is 13.9. The van der Waals surface area contributed by atoms with Crippen LogP contribution < -0.4 is 5.73 Å². The molecular weight excluding hydrogens is 498 g/mol. The van der Waals surface area contributed by atoms with Crippen LogP contribution in [0.3, 0.4) is 0 Å². The smallest absolute Gasteiger partial charge is 0.240 e. The van der Waals surface area contributed by atoms with Gasteiger partial charge in [-0.1, -0.05) is 15.9 Å². The van der Waals surface area contributed by atoms with E-state index in [9.17, 15) is 0 Å². The van der Waals surface area contributed by atoms with Gasteiger partial charge < -0.3 is 14.9 Å². The van der Waals surface area contributed by atoms with Crippen LogP contribution in [0.25, 0.3) is 44.5 Å². The lowest BCUT2D eigenvalue weighted by molar-refractivity contribution is 0.946. The molecule has 2 N–H and O–H groups in total. The molecule has 4 heterocycles. The first kappa shape index (κ1) is 18.3. The highest BCUT2D eigenvalue weighted by atomic mass is 79.9. The predicted molar refractivity (Wildman–Crippen MR) is 121 cm³/mol. The minimum Gasteiger partial charge on any atom is -0.366 e. The molecule has 0 unspecified atom stereocenters. The number of aryl methyl sites for hydroxylation is 2. The lowest BCUT2D eigenvalue weighted by Crippen LogP contribution is -2.02. The Morgan fingerprint density at radius 1 is 0.862 bits per heavy atom. The standard InChI is InChI=1S/C20H15Br2N7/c1-28-8-14(12-5-10(21)3-4-16(12)28)18-17(25-20(23)27-26-18)15-9-29(2)19-13(15)6-11(22)7-24-19/h3-9H,1-2H3,(H2,23,25,27). The van der Waals surface area contributed by atoms with Crippen molar-refractivity contribution in [3.8, 4) is 22.5 Å². The van der Waals surface area contributed by atoms with Crippen molar-refractivity contribution in [2.45, 2.75) is 0 Å². The summed E-state index contributed by atoms with van der Waals surface area (Å²) in [4.78, 5) is 9.11. The van der Waals surface area contributed by atoms with Crippen LogP contribution in [0.15, 0.2) is 51.8 Å². The van der Waals surface area contributed by atoms with Crippen molar-refractivity contribution in [1.82, 2.24) is 29.3 Å². The van der Waals surface area contributed by atoms with Crippen LogP contribution in [-0.4, -0.2) is 29.3 Å². The summed E-state index contributed by atoms with van der Waals surface area (Å²) in [7, 11) is 3.97. The van der Waals surface area contributed by atoms with Crippen LogP contribution in [0, 0.1) is 0 Å². The van der Waals surface area contributed by atoms with Gasteiger partial charge in [-0.15, -0.1) is 10.2 Å². The van der Waals surface area contributed by atoms with Gasteiger partial charge in [-0.05, 0) is 40.2 Å². The molecule has 5 aromatic rings. The molecule has 144 valence electrons. The number of anilines is 1. The van der Waals surface area contributed by atoms with E-state index in [4.69, 9.17) is 5.73 Å². The summed E-state index contributed by atoms with van der Waals surface area (Å²) in [5.74, 6) is 0.130. The molecule has 4 aromatic heterocycles. The summed E-state index contributed by atoms with van der Waals surface area (Å²) in [6.07, 6.45) is 5.82. The number of halogens is 2. The maximum absolute atomic E-state index is 5.94. The zero-order chi connectivity index (χ0) is 20.3. The van der Waals surface area contributed by atoms with Gasteiger partial charge in [-0.25, -0.2) is 9.97 Å². The van der Waals surface area contributed by atoms with E-state index in [-0.39, 0.29) is 5.95 Å². The third kappa shape index (κ3) is 2.92. The van der Waals surface area contributed by atoms with Crippen LogP contribution in [0.4, 0.5) is 5.95 Å². The highest BCUT2D eigenvalue weighted by molar-refractivity contribution is 9.10. The molecule has 0 atom stereocenters. The van der Waals surface area contributed by atoms with Crippen molar-refractivity contribution in [2.75, 3.05) is 5.73 Å². The Morgan fingerprint density at radius 3 is 2.41 bits per heavy atom. The number of benzene rings is 1. The molecule has 0 aliphatic carbocycles. The first-order valence-electron chi connectivity index (χ1n) is 8.78. The van der Waals surface area contributed by atoms with Crippen molar-refractivity contribution < 1.29 is 0 Å². The fourth-order valence-corrected chi connectivity index (χ4v) is 4.38. The monoisotopic (exact) mass is 511 g/mol. The van der Waals surface area contributed by atoms with E-state index in [1.807, 2.05) is 43.2 Å². The Labute approximate surface area is 182 Å². The molecule has 9 heteroatoms. The van der Waals surface area contributed by atoms with Gasteiger partial charge in [0.1, 0.15) is 17.0 Å². The van der Waals surface area contributed by atoms with E-state index < -0.39 is 0 Å². The molecule has 7 nitrogen and oxygen atoms in total. The van der Waals surface area contributed by atoms with Crippen molar-refractivity contribution >= 4 is 59.7 Å². The molecule has 0 aliphatic rings. The van der Waals surface area contributed by atoms with Crippen LogP contribution in [0.1, 0.15) is 0 Å². The summed E-state index contributed by atoms with van der Waals surface area (Å²) in [5.41, 5.74) is 11.1. The molecule has 0 spiro atoms. The number of nitrogens with two attached hydrogens (primary N) is 1. The van der Waals surface area contributed by atoms with Crippen molar-refractivity contribution in [3.05, 3.63) is 51.8 Å². The van der Waals surface area contributed by atoms with E-state index >= 15 is 0 Å². The molecule has 0 radical (unpaired) electrons. The van der Waals surface area contributed by atoms with Gasteiger partial charge in [0.2, 0.25) is 5.95 Å². The van der Waals surface area contributed by atoms with Crippen molar-refractivity contribution in [1.29, 1.82) is 0 Å². The minimum atomic E-state index is 0.130. The van der Waals surface area contributed by atoms with Gasteiger partial charge >= 0.3 is 0 Å². The molecule has 0 bridgehead atoms. The fourth-order valence-electron chi connectivity index (χ4n) is 3.69. The number of fused-ring (bicyclic) bond motifs is 2. The lowest BCUT2D eigenvalue weighted by atomic mass is 10.0. The number of aromatic nitrogens is 6. The fraction of sp³-hybridized carbons (Fsp3) is 0.100. The molecule has 5 rings (SSSR count). The van der Waals surface area contributed by atoms with Crippen molar-refractivity contribution in [2.24, 2.45) is 14.1 Å². The van der Waals surface area contributed by atoms with Crippen LogP contribution >= 0.6 is 31.9 Å². The third-order valence-electron chi connectivity index (χ3n) is 4.95. The summed E-state index contributed by atoms with van der Waals surface area (Å²) in [6.45, 7) is 0. The minimum absolute atomic E-state index is 0.130. The van der Waals surface area contributed by atoms with Crippen LogP contribution in [0.2, 0.25) is 0 Å². The summed E-state index contributed by atoms with van der Waals surface area (Å²) >= 11 is 7.09. The van der Waals surface area contributed by atoms with Gasteiger partial charge in [-0.2, -0.15) is 0 Å². The number of pyridine rings is 1. The summed E-state index contributed by atoms with van der Waals surface area (Å²) in [6, 6.07) is 8.20. The summed E-state index contributed by atoms with van der Waals surface area (Å²) < 4.78 is 5.93. The predicted octanol–water partition coefficient (Wildman–Crippen LogP) is 4.69. The van der Waals surface area contributed by atoms with Gasteiger partial charge in [0.25, 0.3) is 0 Å². The molecule has 0 aliphatic heterocycles. The second kappa shape index (κ2) is 6.64. The molecule has 0 saturated heterocycles. The molecule has 0 fully saturated rings. The molecule has 0 saturated carbocycles. The first-order valence-corrected chi connectivity index (χ1v) is 10.4. The van der Waals surface area contributed by atoms with E-state index in [0.717, 1.165) is 42.0 Å². The molecule has 1 aromatic carbocycles. The quantitative estimate of drug-likeness (QED) is 0.370. The Morgan fingerprint density at radius 2 is 1.59 bits per heavy atom. The average molecular weight is 513 g/mol. The van der Waals surface area contributed by atoms with Gasteiger partial charge in [0.15, 0.2) is 0 Å². The second-order valence-electron chi connectivity index (χ2n) is 6.86. The Hall–Kier alpha value is -2.78. The topological polar surface area (TPSA) is 87.4 Å². The Kier molecular flexibility index (Phi) is 4.18. The number of nitrogens with zero attached hydrogens (tertiary/aromatic N) is 6. The van der Waals surface area contributed by atoms with E-state index in [0.29, 0.717) is 11.4 Å². The number of hydrogen-bond donors (Lipinski definition) is 1. The average Bonchev–Trinajstić information content (AvgIpc) is 3.18. The number of rotatable bonds is 2. The zero-order valence-corrected chi connectivity index (χ0v) is 18.7. The molecular formula is C20H15Br2N7. The number of nitrogen functional groups attached to an aromatic ring is 1. The number of hydrogen-bond acceptors (Lipinski definition) is 5. The van der Waals surface area contributed by atoms with Crippen LogP contribution in [-0.2, 0) is 14.1 Å². The zero-order valence-electron chi connectivity index (χ0n) is 15.6. The van der Waals surface area contributed by atoms with E-state index in [1.54, 1.807) is 6.20 Å². The normalized spacial score (nSPS) is 11.6. The highest BCUT2D eigenvalue weighted by Gasteiger charge is 2.21. The van der Waals surface area contributed by atoms with E-state index in [1.165, 1.54) is 0 Å².